The Morgan fingerprint density at radius 3 is 2.76 bits per heavy atom. The molecule has 0 saturated heterocycles. The van der Waals surface area contributed by atoms with Crippen molar-refractivity contribution in [3.63, 3.8) is 0 Å². The summed E-state index contributed by atoms with van der Waals surface area (Å²) in [5, 5.41) is 3.59. The number of pyridine rings is 1. The Bertz CT molecular complexity index is 601. The van der Waals surface area contributed by atoms with Gasteiger partial charge in [0.2, 0.25) is 0 Å². The molecule has 0 radical (unpaired) electrons. The Morgan fingerprint density at radius 1 is 1.29 bits per heavy atom. The molecule has 112 valence electrons. The lowest BCUT2D eigenvalue weighted by atomic mass is 9.97. The van der Waals surface area contributed by atoms with Crippen molar-refractivity contribution in [1.82, 2.24) is 10.3 Å². The predicted octanol–water partition coefficient (Wildman–Crippen LogP) is 4.25. The first-order chi connectivity index (χ1) is 10.2. The Labute approximate surface area is 134 Å². The van der Waals surface area contributed by atoms with Crippen LogP contribution in [-0.2, 0) is 0 Å². The van der Waals surface area contributed by atoms with Crippen molar-refractivity contribution in [3.8, 4) is 5.75 Å². The maximum atomic E-state index is 5.54. The second-order valence-electron chi connectivity index (χ2n) is 5.07. The molecule has 1 unspecified atom stereocenters. The number of nitrogens with one attached hydrogen (secondary N) is 1. The number of ether oxygens (including phenoxy) is 1. The second kappa shape index (κ2) is 7.57. The quantitative estimate of drug-likeness (QED) is 0.847. The van der Waals surface area contributed by atoms with Gasteiger partial charge in [0.1, 0.15) is 5.75 Å². The molecule has 0 amide bonds. The summed E-state index contributed by atoms with van der Waals surface area (Å²) in [4.78, 5) is 4.29. The molecule has 0 aliphatic rings. The van der Waals surface area contributed by atoms with Crippen molar-refractivity contribution in [2.75, 3.05) is 13.7 Å². The van der Waals surface area contributed by atoms with Gasteiger partial charge in [-0.25, -0.2) is 0 Å². The molecule has 2 rings (SSSR count). The molecule has 1 heterocycles. The highest BCUT2D eigenvalue weighted by Crippen LogP contribution is 2.31. The van der Waals surface area contributed by atoms with E-state index in [2.05, 4.69) is 58.3 Å². The molecule has 1 aromatic heterocycles. The minimum atomic E-state index is 0.0739. The number of hydrogen-bond acceptors (Lipinski definition) is 3. The second-order valence-corrected chi connectivity index (χ2v) is 5.98. The van der Waals surface area contributed by atoms with E-state index in [1.54, 1.807) is 13.3 Å². The van der Waals surface area contributed by atoms with E-state index in [0.717, 1.165) is 34.3 Å². The zero-order chi connectivity index (χ0) is 15.2. The minimum absolute atomic E-state index is 0.0739. The fraction of sp³-hybridized carbons (Fsp3) is 0.353. The van der Waals surface area contributed by atoms with Crippen molar-refractivity contribution in [2.45, 2.75) is 26.3 Å². The Hall–Kier alpha value is -1.39. The number of hydrogen-bond donors (Lipinski definition) is 1. The lowest BCUT2D eigenvalue weighted by molar-refractivity contribution is 0.403. The summed E-state index contributed by atoms with van der Waals surface area (Å²) < 4.78 is 6.52. The van der Waals surface area contributed by atoms with E-state index in [4.69, 9.17) is 4.74 Å². The van der Waals surface area contributed by atoms with Gasteiger partial charge in [0.05, 0.1) is 13.2 Å². The SMILES string of the molecule is CCCNC(c1cncc(Br)c1)c1cc(C)ccc1OC. The molecule has 3 nitrogen and oxygen atoms in total. The van der Waals surface area contributed by atoms with E-state index in [-0.39, 0.29) is 6.04 Å². The zero-order valence-electron chi connectivity index (χ0n) is 12.7. The number of halogens is 1. The van der Waals surface area contributed by atoms with Gasteiger partial charge >= 0.3 is 0 Å². The Kier molecular flexibility index (Phi) is 5.76. The normalized spacial score (nSPS) is 12.2. The summed E-state index contributed by atoms with van der Waals surface area (Å²) in [7, 11) is 1.71. The summed E-state index contributed by atoms with van der Waals surface area (Å²) in [5.74, 6) is 0.897. The predicted molar refractivity (Wildman–Crippen MR) is 89.8 cm³/mol. The van der Waals surface area contributed by atoms with Gasteiger partial charge in [-0.2, -0.15) is 0 Å². The number of benzene rings is 1. The third-order valence-corrected chi connectivity index (χ3v) is 3.79. The third-order valence-electron chi connectivity index (χ3n) is 3.35. The molecule has 0 spiro atoms. The average Bonchev–Trinajstić information content (AvgIpc) is 2.48. The van der Waals surface area contributed by atoms with E-state index in [9.17, 15) is 0 Å². The van der Waals surface area contributed by atoms with E-state index in [1.807, 2.05) is 12.3 Å². The van der Waals surface area contributed by atoms with E-state index in [0.29, 0.717) is 0 Å². The Morgan fingerprint density at radius 2 is 2.10 bits per heavy atom. The van der Waals surface area contributed by atoms with E-state index >= 15 is 0 Å². The van der Waals surface area contributed by atoms with Crippen LogP contribution >= 0.6 is 15.9 Å². The fourth-order valence-corrected chi connectivity index (χ4v) is 2.74. The van der Waals surface area contributed by atoms with Crippen LogP contribution in [-0.4, -0.2) is 18.6 Å². The lowest BCUT2D eigenvalue weighted by Gasteiger charge is -2.22. The number of aryl methyl sites for hydroxylation is 1. The number of nitrogens with zero attached hydrogens (tertiary/aromatic N) is 1. The van der Waals surface area contributed by atoms with Gasteiger partial charge in [-0.15, -0.1) is 0 Å². The summed E-state index contributed by atoms with van der Waals surface area (Å²) >= 11 is 3.50. The van der Waals surface area contributed by atoms with Crippen molar-refractivity contribution >= 4 is 15.9 Å². The number of methoxy groups -OCH3 is 1. The van der Waals surface area contributed by atoms with Crippen LogP contribution in [0.1, 0.15) is 36.1 Å². The van der Waals surface area contributed by atoms with Crippen LogP contribution in [0.2, 0.25) is 0 Å². The van der Waals surface area contributed by atoms with Crippen molar-refractivity contribution in [2.24, 2.45) is 0 Å². The lowest BCUT2D eigenvalue weighted by Crippen LogP contribution is -2.24. The molecule has 0 fully saturated rings. The topological polar surface area (TPSA) is 34.2 Å². The number of aromatic nitrogens is 1. The molecule has 21 heavy (non-hydrogen) atoms. The standard InChI is InChI=1S/C17H21BrN2O/c1-4-7-20-17(13-9-14(18)11-19-10-13)15-8-12(2)5-6-16(15)21-3/h5-6,8-11,17,20H,4,7H2,1-3H3. The van der Waals surface area contributed by atoms with Crippen LogP contribution < -0.4 is 10.1 Å². The monoisotopic (exact) mass is 348 g/mol. The number of rotatable bonds is 6. The first-order valence-corrected chi connectivity index (χ1v) is 7.93. The van der Waals surface area contributed by atoms with Gasteiger partial charge in [-0.3, -0.25) is 4.98 Å². The molecule has 1 aromatic carbocycles. The molecule has 0 saturated carbocycles. The molecule has 2 aromatic rings. The highest BCUT2D eigenvalue weighted by molar-refractivity contribution is 9.10. The molecular formula is C17H21BrN2O. The van der Waals surface area contributed by atoms with Gasteiger partial charge in [0.15, 0.2) is 0 Å². The largest absolute Gasteiger partial charge is 0.496 e. The van der Waals surface area contributed by atoms with Crippen molar-refractivity contribution < 1.29 is 4.74 Å². The van der Waals surface area contributed by atoms with Crippen LogP contribution in [0, 0.1) is 6.92 Å². The summed E-state index contributed by atoms with van der Waals surface area (Å²) in [6.45, 7) is 5.20. The van der Waals surface area contributed by atoms with Gasteiger partial charge in [0.25, 0.3) is 0 Å². The van der Waals surface area contributed by atoms with Gasteiger partial charge in [-0.05, 0) is 53.5 Å². The summed E-state index contributed by atoms with van der Waals surface area (Å²) in [6, 6.07) is 8.44. The molecule has 4 heteroatoms. The Balaban J connectivity index is 2.47. The molecule has 0 aliphatic heterocycles. The first kappa shape index (κ1) is 16.0. The molecule has 0 bridgehead atoms. The summed E-state index contributed by atoms with van der Waals surface area (Å²) in [5.41, 5.74) is 3.49. The van der Waals surface area contributed by atoms with Crippen LogP contribution in [0.5, 0.6) is 5.75 Å². The zero-order valence-corrected chi connectivity index (χ0v) is 14.3. The van der Waals surface area contributed by atoms with E-state index < -0.39 is 0 Å². The molecule has 1 atom stereocenters. The van der Waals surface area contributed by atoms with Crippen molar-refractivity contribution in [1.29, 1.82) is 0 Å². The van der Waals surface area contributed by atoms with Crippen LogP contribution in [0.4, 0.5) is 0 Å². The van der Waals surface area contributed by atoms with Gasteiger partial charge in [0, 0.05) is 22.4 Å². The van der Waals surface area contributed by atoms with Gasteiger partial charge in [-0.1, -0.05) is 24.6 Å². The smallest absolute Gasteiger partial charge is 0.124 e. The maximum Gasteiger partial charge on any atom is 0.124 e. The third kappa shape index (κ3) is 4.05. The van der Waals surface area contributed by atoms with Gasteiger partial charge < -0.3 is 10.1 Å². The van der Waals surface area contributed by atoms with Crippen molar-refractivity contribution in [3.05, 3.63) is 57.8 Å². The van der Waals surface area contributed by atoms with Crippen LogP contribution in [0.15, 0.2) is 41.1 Å². The fourth-order valence-electron chi connectivity index (χ4n) is 2.36. The highest BCUT2D eigenvalue weighted by Gasteiger charge is 2.18. The van der Waals surface area contributed by atoms with E-state index in [1.165, 1.54) is 5.56 Å². The first-order valence-electron chi connectivity index (χ1n) is 7.14. The maximum absolute atomic E-state index is 5.54. The molecule has 1 N–H and O–H groups in total. The molecule has 0 aliphatic carbocycles. The van der Waals surface area contributed by atoms with Crippen LogP contribution in [0.3, 0.4) is 0 Å². The average molecular weight is 349 g/mol. The molecular weight excluding hydrogens is 328 g/mol. The summed E-state index contributed by atoms with van der Waals surface area (Å²) in [6.07, 6.45) is 4.78. The minimum Gasteiger partial charge on any atom is -0.496 e. The highest BCUT2D eigenvalue weighted by atomic mass is 79.9. The van der Waals surface area contributed by atoms with Crippen LogP contribution in [0.25, 0.3) is 0 Å².